The molecule has 1 amide bonds. The van der Waals surface area contributed by atoms with E-state index in [0.29, 0.717) is 5.88 Å². The van der Waals surface area contributed by atoms with E-state index in [9.17, 15) is 4.79 Å². The molecule has 1 N–H and O–H groups in total. The standard InChI is InChI=1S/C27H34N4O2/c1-16(2)13-22(17(3)4)26-25-19(6)14-24(29-27(25)31(8)30-26)33-15-23(32)28-20(7)21-11-9-18(5)10-12-21/h9-14,20H,15H2,1-8H3,(H,28,32)/t20-/m0/s1. The number of hydrogen-bond acceptors (Lipinski definition) is 4. The van der Waals surface area contributed by atoms with Crippen LogP contribution in [0.3, 0.4) is 0 Å². The minimum Gasteiger partial charge on any atom is -0.468 e. The van der Waals surface area contributed by atoms with Crippen LogP contribution in [0.2, 0.25) is 0 Å². The molecular weight excluding hydrogens is 412 g/mol. The number of amides is 1. The average molecular weight is 447 g/mol. The molecule has 0 aliphatic carbocycles. The zero-order valence-corrected chi connectivity index (χ0v) is 20.9. The predicted molar refractivity (Wildman–Crippen MR) is 134 cm³/mol. The van der Waals surface area contributed by atoms with Crippen molar-refractivity contribution in [3.63, 3.8) is 0 Å². The van der Waals surface area contributed by atoms with Gasteiger partial charge in [-0.05, 0) is 59.6 Å². The quantitative estimate of drug-likeness (QED) is 0.480. The summed E-state index contributed by atoms with van der Waals surface area (Å²) in [7, 11) is 1.88. The van der Waals surface area contributed by atoms with Crippen LogP contribution in [-0.2, 0) is 11.8 Å². The first kappa shape index (κ1) is 24.2. The number of hydrogen-bond donors (Lipinski definition) is 1. The first-order valence-electron chi connectivity index (χ1n) is 11.2. The van der Waals surface area contributed by atoms with Gasteiger partial charge >= 0.3 is 0 Å². The first-order valence-corrected chi connectivity index (χ1v) is 11.2. The number of allylic oxidation sites excluding steroid dienone is 4. The molecule has 6 nitrogen and oxygen atoms in total. The van der Waals surface area contributed by atoms with Crippen LogP contribution in [0.15, 0.2) is 47.6 Å². The molecule has 0 saturated heterocycles. The topological polar surface area (TPSA) is 69.0 Å². The van der Waals surface area contributed by atoms with Crippen molar-refractivity contribution in [2.24, 2.45) is 7.05 Å². The van der Waals surface area contributed by atoms with Crippen molar-refractivity contribution in [1.82, 2.24) is 20.1 Å². The summed E-state index contributed by atoms with van der Waals surface area (Å²) < 4.78 is 7.53. The van der Waals surface area contributed by atoms with Gasteiger partial charge in [0.2, 0.25) is 5.88 Å². The van der Waals surface area contributed by atoms with Crippen LogP contribution in [-0.4, -0.2) is 27.3 Å². The van der Waals surface area contributed by atoms with E-state index in [4.69, 9.17) is 9.84 Å². The van der Waals surface area contributed by atoms with Gasteiger partial charge in [-0.1, -0.05) is 47.1 Å². The highest BCUT2D eigenvalue weighted by molar-refractivity contribution is 5.94. The zero-order chi connectivity index (χ0) is 24.3. The summed E-state index contributed by atoms with van der Waals surface area (Å²) in [6.45, 7) is 14.3. The van der Waals surface area contributed by atoms with Crippen LogP contribution in [0.1, 0.15) is 63.0 Å². The minimum atomic E-state index is -0.191. The Hall–Kier alpha value is -3.41. The monoisotopic (exact) mass is 446 g/mol. The molecular formula is C27H34N4O2. The second kappa shape index (κ2) is 10.0. The van der Waals surface area contributed by atoms with Crippen LogP contribution in [0.25, 0.3) is 16.6 Å². The third kappa shape index (κ3) is 5.69. The van der Waals surface area contributed by atoms with Gasteiger partial charge in [0, 0.05) is 18.7 Å². The van der Waals surface area contributed by atoms with Crippen molar-refractivity contribution in [3.05, 3.63) is 69.9 Å². The fourth-order valence-electron chi connectivity index (χ4n) is 3.76. The maximum atomic E-state index is 12.5. The van der Waals surface area contributed by atoms with Crippen molar-refractivity contribution in [2.45, 2.75) is 54.5 Å². The third-order valence-electron chi connectivity index (χ3n) is 5.50. The van der Waals surface area contributed by atoms with E-state index in [2.05, 4.69) is 44.1 Å². The number of ether oxygens (including phenoxy) is 1. The normalized spacial score (nSPS) is 11.8. The number of aryl methyl sites for hydroxylation is 3. The first-order chi connectivity index (χ1) is 15.6. The highest BCUT2D eigenvalue weighted by atomic mass is 16.5. The Morgan fingerprint density at radius 1 is 1.15 bits per heavy atom. The van der Waals surface area contributed by atoms with E-state index >= 15 is 0 Å². The second-order valence-corrected chi connectivity index (χ2v) is 9.07. The molecule has 0 radical (unpaired) electrons. The average Bonchev–Trinajstić information content (AvgIpc) is 3.07. The fourth-order valence-corrected chi connectivity index (χ4v) is 3.76. The van der Waals surface area contributed by atoms with E-state index in [0.717, 1.165) is 33.4 Å². The van der Waals surface area contributed by atoms with Gasteiger partial charge in [0.25, 0.3) is 5.91 Å². The summed E-state index contributed by atoms with van der Waals surface area (Å²) in [5.74, 6) is 0.220. The molecule has 6 heteroatoms. The van der Waals surface area contributed by atoms with Crippen molar-refractivity contribution >= 4 is 22.5 Å². The lowest BCUT2D eigenvalue weighted by Crippen LogP contribution is -2.31. The van der Waals surface area contributed by atoms with Crippen LogP contribution in [0.4, 0.5) is 0 Å². The van der Waals surface area contributed by atoms with E-state index < -0.39 is 0 Å². The SMILES string of the molecule is CC(C)=CC(=C(C)C)c1nn(C)c2nc(OCC(=O)N[C@@H](C)c3ccc(C)cc3)cc(C)c12. The van der Waals surface area contributed by atoms with E-state index in [1.807, 2.05) is 58.2 Å². The fraction of sp³-hybridized carbons (Fsp3) is 0.370. The molecule has 33 heavy (non-hydrogen) atoms. The van der Waals surface area contributed by atoms with Crippen molar-refractivity contribution in [2.75, 3.05) is 6.61 Å². The van der Waals surface area contributed by atoms with Gasteiger partial charge in [0.1, 0.15) is 5.69 Å². The number of nitrogens with zero attached hydrogens (tertiary/aromatic N) is 3. The van der Waals surface area contributed by atoms with Crippen molar-refractivity contribution < 1.29 is 9.53 Å². The smallest absolute Gasteiger partial charge is 0.258 e. The highest BCUT2D eigenvalue weighted by Gasteiger charge is 2.18. The Morgan fingerprint density at radius 2 is 1.82 bits per heavy atom. The van der Waals surface area contributed by atoms with Crippen LogP contribution in [0.5, 0.6) is 5.88 Å². The number of aromatic nitrogens is 3. The van der Waals surface area contributed by atoms with Crippen molar-refractivity contribution in [1.29, 1.82) is 0 Å². The number of benzene rings is 1. The summed E-state index contributed by atoms with van der Waals surface area (Å²) in [5.41, 5.74) is 8.39. The molecule has 0 bridgehead atoms. The van der Waals surface area contributed by atoms with Gasteiger partial charge in [-0.25, -0.2) is 4.68 Å². The lowest BCUT2D eigenvalue weighted by Gasteiger charge is -2.15. The van der Waals surface area contributed by atoms with Gasteiger partial charge in [0.15, 0.2) is 12.3 Å². The number of nitrogens with one attached hydrogen (secondary N) is 1. The number of fused-ring (bicyclic) bond motifs is 1. The maximum absolute atomic E-state index is 12.5. The molecule has 3 rings (SSSR count). The van der Waals surface area contributed by atoms with E-state index in [1.54, 1.807) is 4.68 Å². The highest BCUT2D eigenvalue weighted by Crippen LogP contribution is 2.31. The second-order valence-electron chi connectivity index (χ2n) is 9.07. The van der Waals surface area contributed by atoms with Gasteiger partial charge in [-0.2, -0.15) is 10.1 Å². The molecule has 2 aromatic heterocycles. The molecule has 3 aromatic rings. The van der Waals surface area contributed by atoms with Crippen LogP contribution >= 0.6 is 0 Å². The zero-order valence-electron chi connectivity index (χ0n) is 20.9. The van der Waals surface area contributed by atoms with E-state index in [1.165, 1.54) is 16.7 Å². The Morgan fingerprint density at radius 3 is 2.42 bits per heavy atom. The summed E-state index contributed by atoms with van der Waals surface area (Å²) >= 11 is 0. The van der Waals surface area contributed by atoms with Gasteiger partial charge in [0.05, 0.1) is 11.4 Å². The molecule has 0 fully saturated rings. The van der Waals surface area contributed by atoms with Crippen LogP contribution < -0.4 is 10.1 Å². The number of carbonyl (C=O) groups excluding carboxylic acids is 1. The molecule has 174 valence electrons. The Kier molecular flexibility index (Phi) is 7.36. The summed E-state index contributed by atoms with van der Waals surface area (Å²) in [6.07, 6.45) is 2.15. The summed E-state index contributed by atoms with van der Waals surface area (Å²) in [5, 5.41) is 8.73. The maximum Gasteiger partial charge on any atom is 0.258 e. The summed E-state index contributed by atoms with van der Waals surface area (Å²) in [6, 6.07) is 9.89. The molecule has 0 spiro atoms. The summed E-state index contributed by atoms with van der Waals surface area (Å²) in [4.78, 5) is 17.1. The Bertz CT molecular complexity index is 1230. The molecule has 0 aliphatic rings. The molecule has 0 aliphatic heterocycles. The number of carbonyl (C=O) groups is 1. The molecule has 1 aromatic carbocycles. The lowest BCUT2D eigenvalue weighted by molar-refractivity contribution is -0.123. The largest absolute Gasteiger partial charge is 0.468 e. The molecule has 0 unspecified atom stereocenters. The van der Waals surface area contributed by atoms with E-state index in [-0.39, 0.29) is 18.6 Å². The molecule has 1 atom stereocenters. The number of pyridine rings is 1. The molecule has 0 saturated carbocycles. The molecule has 2 heterocycles. The Labute approximate surface area is 196 Å². The van der Waals surface area contributed by atoms with Gasteiger partial charge < -0.3 is 10.1 Å². The van der Waals surface area contributed by atoms with Crippen molar-refractivity contribution in [3.8, 4) is 5.88 Å². The van der Waals surface area contributed by atoms with Gasteiger partial charge in [-0.3, -0.25) is 4.79 Å². The Balaban J connectivity index is 1.79. The van der Waals surface area contributed by atoms with Crippen LogP contribution in [0, 0.1) is 13.8 Å². The van der Waals surface area contributed by atoms with Gasteiger partial charge in [-0.15, -0.1) is 0 Å². The predicted octanol–water partition coefficient (Wildman–Crippen LogP) is 5.60. The minimum absolute atomic E-state index is 0.101. The number of rotatable bonds is 7. The lowest BCUT2D eigenvalue weighted by atomic mass is 10.0. The third-order valence-corrected chi connectivity index (χ3v) is 5.50.